The normalized spacial score (nSPS) is 15.7. The molecule has 0 bridgehead atoms. The molecule has 0 nitrogen and oxygen atoms in total. The Morgan fingerprint density at radius 1 is 0.842 bits per heavy atom. The molecule has 0 radical (unpaired) electrons. The lowest BCUT2D eigenvalue weighted by atomic mass is 9.69. The van der Waals surface area contributed by atoms with Crippen LogP contribution in [0.4, 0.5) is 0 Å². The lowest BCUT2D eigenvalue weighted by molar-refractivity contribution is 0.433. The molecule has 3 rings (SSSR count). The minimum Gasteiger partial charge on any atom is -0.0895 e. The summed E-state index contributed by atoms with van der Waals surface area (Å²) < 4.78 is 0. The first kappa shape index (κ1) is 12.8. The molecule has 1 aliphatic rings. The Bertz CT molecular complexity index is 540. The van der Waals surface area contributed by atoms with Crippen molar-refractivity contribution in [3.8, 4) is 0 Å². The zero-order valence-corrected chi connectivity index (χ0v) is 12.5. The zero-order chi connectivity index (χ0) is 13.3. The van der Waals surface area contributed by atoms with Gasteiger partial charge in [0.2, 0.25) is 0 Å². The summed E-state index contributed by atoms with van der Waals surface area (Å²) in [7, 11) is 0. The molecule has 98 valence electrons. The number of rotatable bonds is 3. The average molecular weight is 268 g/mol. The van der Waals surface area contributed by atoms with Crippen molar-refractivity contribution in [2.45, 2.75) is 48.3 Å². The summed E-state index contributed by atoms with van der Waals surface area (Å²) in [6.07, 6.45) is 3.63. The predicted octanol–water partition coefficient (Wildman–Crippen LogP) is 5.65. The summed E-state index contributed by atoms with van der Waals surface area (Å²) in [6.45, 7) is 4.63. The highest BCUT2D eigenvalue weighted by Gasteiger charge is 2.38. The first-order chi connectivity index (χ1) is 9.31. The van der Waals surface area contributed by atoms with Gasteiger partial charge in [-0.05, 0) is 36.1 Å². The predicted molar refractivity (Wildman–Crippen MR) is 83.0 cm³/mol. The van der Waals surface area contributed by atoms with Crippen molar-refractivity contribution in [1.82, 2.24) is 0 Å². The summed E-state index contributed by atoms with van der Waals surface area (Å²) in [5.41, 5.74) is 3.28. The molecule has 0 aromatic heterocycles. The second-order valence-corrected chi connectivity index (χ2v) is 6.36. The molecule has 0 fully saturated rings. The van der Waals surface area contributed by atoms with Crippen molar-refractivity contribution in [1.29, 1.82) is 0 Å². The Morgan fingerprint density at radius 2 is 1.37 bits per heavy atom. The second-order valence-electron chi connectivity index (χ2n) is 5.28. The van der Waals surface area contributed by atoms with Gasteiger partial charge in [0.05, 0.1) is 0 Å². The third-order valence-electron chi connectivity index (χ3n) is 4.31. The van der Waals surface area contributed by atoms with Gasteiger partial charge in [0.1, 0.15) is 0 Å². The van der Waals surface area contributed by atoms with Crippen molar-refractivity contribution >= 4 is 11.8 Å². The van der Waals surface area contributed by atoms with Crippen LogP contribution in [0.25, 0.3) is 0 Å². The van der Waals surface area contributed by atoms with Gasteiger partial charge < -0.3 is 0 Å². The largest absolute Gasteiger partial charge is 0.0895 e. The average Bonchev–Trinajstić information content (AvgIpc) is 2.47. The summed E-state index contributed by atoms with van der Waals surface area (Å²) in [6, 6.07) is 17.9. The molecule has 1 aliphatic heterocycles. The van der Waals surface area contributed by atoms with Gasteiger partial charge in [0, 0.05) is 15.2 Å². The van der Waals surface area contributed by atoms with Crippen LogP contribution >= 0.6 is 11.8 Å². The lowest BCUT2D eigenvalue weighted by Gasteiger charge is -2.40. The smallest absolute Gasteiger partial charge is 0.0222 e. The van der Waals surface area contributed by atoms with E-state index in [0.29, 0.717) is 0 Å². The second kappa shape index (κ2) is 5.05. The SMILES string of the molecule is CCCC1(CC)c2ccccc2Sc2ccccc21. The topological polar surface area (TPSA) is 0 Å². The molecule has 0 saturated carbocycles. The maximum atomic E-state index is 2.33. The van der Waals surface area contributed by atoms with Gasteiger partial charge in [0.25, 0.3) is 0 Å². The maximum absolute atomic E-state index is 2.33. The number of benzene rings is 2. The summed E-state index contributed by atoms with van der Waals surface area (Å²) in [5.74, 6) is 0. The highest BCUT2D eigenvalue weighted by Crippen LogP contribution is 2.52. The van der Waals surface area contributed by atoms with Gasteiger partial charge in [-0.15, -0.1) is 0 Å². The molecule has 2 aromatic rings. The van der Waals surface area contributed by atoms with E-state index in [9.17, 15) is 0 Å². The minimum atomic E-state index is 0.215. The first-order valence-electron chi connectivity index (χ1n) is 7.18. The number of fused-ring (bicyclic) bond motifs is 2. The van der Waals surface area contributed by atoms with Crippen LogP contribution in [0.2, 0.25) is 0 Å². The summed E-state index contributed by atoms with van der Waals surface area (Å²) >= 11 is 1.93. The molecule has 0 amide bonds. The van der Waals surface area contributed by atoms with Gasteiger partial charge in [-0.2, -0.15) is 0 Å². The van der Waals surface area contributed by atoms with Crippen molar-refractivity contribution < 1.29 is 0 Å². The third kappa shape index (κ3) is 1.92. The molecule has 2 aromatic carbocycles. The number of hydrogen-bond acceptors (Lipinski definition) is 1. The highest BCUT2D eigenvalue weighted by atomic mass is 32.2. The lowest BCUT2D eigenvalue weighted by Crippen LogP contribution is -2.30. The van der Waals surface area contributed by atoms with Gasteiger partial charge in [0.15, 0.2) is 0 Å². The Hall–Kier alpha value is -1.21. The molecule has 1 heteroatoms. The fourth-order valence-corrected chi connectivity index (χ4v) is 4.70. The van der Waals surface area contributed by atoms with E-state index in [2.05, 4.69) is 62.4 Å². The van der Waals surface area contributed by atoms with Crippen molar-refractivity contribution in [3.05, 3.63) is 59.7 Å². The van der Waals surface area contributed by atoms with Gasteiger partial charge >= 0.3 is 0 Å². The molecule has 0 unspecified atom stereocenters. The van der Waals surface area contributed by atoms with Crippen LogP contribution in [0.15, 0.2) is 58.3 Å². The van der Waals surface area contributed by atoms with Crippen LogP contribution in [0, 0.1) is 0 Å². The molecule has 0 aliphatic carbocycles. The van der Waals surface area contributed by atoms with Crippen LogP contribution in [0.1, 0.15) is 44.2 Å². The van der Waals surface area contributed by atoms with Crippen LogP contribution in [-0.2, 0) is 5.41 Å². The van der Waals surface area contributed by atoms with Crippen LogP contribution in [-0.4, -0.2) is 0 Å². The van der Waals surface area contributed by atoms with Gasteiger partial charge in [-0.25, -0.2) is 0 Å². The Morgan fingerprint density at radius 3 is 1.84 bits per heavy atom. The van der Waals surface area contributed by atoms with E-state index in [4.69, 9.17) is 0 Å². The molecular formula is C18H20S. The standard InChI is InChI=1S/C18H20S/c1-3-13-18(4-2)14-9-5-7-11-16(14)19-17-12-8-6-10-15(17)18/h5-12H,3-4,13H2,1-2H3. The highest BCUT2D eigenvalue weighted by molar-refractivity contribution is 7.99. The quantitative estimate of drug-likeness (QED) is 0.693. The first-order valence-corrected chi connectivity index (χ1v) is 8.00. The van der Waals surface area contributed by atoms with E-state index in [1.807, 2.05) is 11.8 Å². The Balaban J connectivity index is 2.27. The zero-order valence-electron chi connectivity index (χ0n) is 11.6. The van der Waals surface area contributed by atoms with Crippen molar-refractivity contribution in [3.63, 3.8) is 0 Å². The van der Waals surface area contributed by atoms with Gasteiger partial charge in [-0.1, -0.05) is 68.4 Å². The fourth-order valence-electron chi connectivity index (χ4n) is 3.42. The molecule has 0 atom stereocenters. The molecule has 0 saturated heterocycles. The minimum absolute atomic E-state index is 0.215. The van der Waals surface area contributed by atoms with Crippen LogP contribution in [0.5, 0.6) is 0 Å². The molecule has 0 N–H and O–H groups in total. The van der Waals surface area contributed by atoms with Crippen LogP contribution in [0.3, 0.4) is 0 Å². The van der Waals surface area contributed by atoms with E-state index in [-0.39, 0.29) is 5.41 Å². The number of hydrogen-bond donors (Lipinski definition) is 0. The van der Waals surface area contributed by atoms with E-state index in [0.717, 1.165) is 0 Å². The molecule has 0 spiro atoms. The molecular weight excluding hydrogens is 248 g/mol. The third-order valence-corrected chi connectivity index (χ3v) is 5.46. The van der Waals surface area contributed by atoms with Crippen molar-refractivity contribution in [2.75, 3.05) is 0 Å². The van der Waals surface area contributed by atoms with Gasteiger partial charge in [-0.3, -0.25) is 0 Å². The monoisotopic (exact) mass is 268 g/mol. The summed E-state index contributed by atoms with van der Waals surface area (Å²) in [4.78, 5) is 2.88. The Labute approximate surface area is 120 Å². The van der Waals surface area contributed by atoms with E-state index < -0.39 is 0 Å². The molecule has 1 heterocycles. The Kier molecular flexibility index (Phi) is 3.40. The van der Waals surface area contributed by atoms with E-state index in [1.165, 1.54) is 40.2 Å². The fraction of sp³-hybridized carbons (Fsp3) is 0.333. The summed E-state index contributed by atoms with van der Waals surface area (Å²) in [5, 5.41) is 0. The van der Waals surface area contributed by atoms with E-state index >= 15 is 0 Å². The van der Waals surface area contributed by atoms with E-state index in [1.54, 1.807) is 0 Å². The maximum Gasteiger partial charge on any atom is 0.0222 e. The molecule has 19 heavy (non-hydrogen) atoms. The van der Waals surface area contributed by atoms with Crippen LogP contribution < -0.4 is 0 Å². The van der Waals surface area contributed by atoms with Crippen molar-refractivity contribution in [2.24, 2.45) is 0 Å².